The number of urea groups is 1. The minimum absolute atomic E-state index is 0.0745. The van der Waals surface area contributed by atoms with Crippen LogP contribution in [0.5, 0.6) is 0 Å². The molecule has 0 spiro atoms. The highest BCUT2D eigenvalue weighted by Gasteiger charge is 2.22. The summed E-state index contributed by atoms with van der Waals surface area (Å²) in [6.07, 6.45) is 7.57. The molecule has 0 saturated heterocycles. The normalized spacial score (nSPS) is 14.0. The van der Waals surface area contributed by atoms with Crippen molar-refractivity contribution in [1.29, 1.82) is 21.6 Å². The van der Waals surface area contributed by atoms with Crippen molar-refractivity contribution in [2.45, 2.75) is 51.4 Å². The van der Waals surface area contributed by atoms with E-state index < -0.39 is 0 Å². The van der Waals surface area contributed by atoms with Crippen molar-refractivity contribution in [1.82, 2.24) is 41.7 Å². The Morgan fingerprint density at radius 1 is 0.575 bits per heavy atom. The molecule has 0 aromatic heterocycles. The maximum atomic E-state index is 13.7. The zero-order chi connectivity index (χ0) is 29.2. The number of guanidine groups is 4. The van der Waals surface area contributed by atoms with Crippen molar-refractivity contribution in [2.24, 2.45) is 23.3 Å². The van der Waals surface area contributed by atoms with E-state index in [-0.39, 0.29) is 18.0 Å². The Kier molecular flexibility index (Phi) is 15.1. The molecule has 15 heteroatoms. The third kappa shape index (κ3) is 16.3. The highest BCUT2D eigenvalue weighted by atomic mass is 16.2. The van der Waals surface area contributed by atoms with Crippen LogP contribution in [-0.2, 0) is 0 Å². The van der Waals surface area contributed by atoms with Crippen molar-refractivity contribution in [3.8, 4) is 0 Å². The fraction of sp³-hybridized carbons (Fsp3) is 0.800. The highest BCUT2D eigenvalue weighted by molar-refractivity contribution is 5.77. The Bertz CT molecular complexity index is 749. The molecule has 0 heterocycles. The molecule has 40 heavy (non-hydrogen) atoms. The monoisotopic (exact) mass is 564 g/mol. The minimum atomic E-state index is -0.0939. The summed E-state index contributed by atoms with van der Waals surface area (Å²) in [7, 11) is 0. The molecule has 2 rings (SSSR count). The van der Waals surface area contributed by atoms with Gasteiger partial charge in [0.05, 0.1) is 0 Å². The molecule has 2 fully saturated rings. The van der Waals surface area contributed by atoms with Gasteiger partial charge in [0.1, 0.15) is 0 Å². The molecular weight excluding hydrogens is 512 g/mol. The van der Waals surface area contributed by atoms with E-state index >= 15 is 0 Å². The molecule has 0 radical (unpaired) electrons. The Hall–Kier alpha value is -3.65. The zero-order valence-corrected chi connectivity index (χ0v) is 23.8. The van der Waals surface area contributed by atoms with Gasteiger partial charge < -0.3 is 53.2 Å². The summed E-state index contributed by atoms with van der Waals surface area (Å²) in [6, 6.07) is -0.0745. The van der Waals surface area contributed by atoms with Crippen LogP contribution in [0.1, 0.15) is 51.4 Å². The van der Waals surface area contributed by atoms with Crippen LogP contribution in [0, 0.1) is 33.5 Å². The topological polar surface area (TPSA) is 243 Å². The summed E-state index contributed by atoms with van der Waals surface area (Å²) in [4.78, 5) is 17.3. The summed E-state index contributed by atoms with van der Waals surface area (Å²) in [5, 5.41) is 48.7. The van der Waals surface area contributed by atoms with Crippen molar-refractivity contribution >= 4 is 29.9 Å². The first kappa shape index (κ1) is 32.6. The van der Waals surface area contributed by atoms with Crippen LogP contribution < -0.4 is 43.4 Å². The summed E-state index contributed by atoms with van der Waals surface area (Å²) < 4.78 is 0. The molecule has 0 aliphatic heterocycles. The van der Waals surface area contributed by atoms with Gasteiger partial charge in [0.15, 0.2) is 23.8 Å². The van der Waals surface area contributed by atoms with Crippen LogP contribution in [0.3, 0.4) is 0 Å². The van der Waals surface area contributed by atoms with E-state index in [1.807, 2.05) is 9.80 Å². The van der Waals surface area contributed by atoms with E-state index in [1.165, 1.54) is 25.7 Å². The third-order valence-corrected chi connectivity index (χ3v) is 6.72. The predicted molar refractivity (Wildman–Crippen MR) is 160 cm³/mol. The number of hydrogen-bond acceptors (Lipinski definition) is 5. The average molecular weight is 565 g/mol. The van der Waals surface area contributed by atoms with Crippen molar-refractivity contribution in [3.63, 3.8) is 0 Å². The molecule has 0 unspecified atom stereocenters. The Morgan fingerprint density at radius 2 is 0.900 bits per heavy atom. The smallest absolute Gasteiger partial charge is 0.320 e. The van der Waals surface area contributed by atoms with Gasteiger partial charge in [-0.3, -0.25) is 21.6 Å². The van der Waals surface area contributed by atoms with Gasteiger partial charge in [-0.25, -0.2) is 4.79 Å². The Morgan fingerprint density at radius 3 is 1.20 bits per heavy atom. The summed E-state index contributed by atoms with van der Waals surface area (Å²) in [5.41, 5.74) is 10.8. The van der Waals surface area contributed by atoms with E-state index in [9.17, 15) is 4.79 Å². The van der Waals surface area contributed by atoms with Crippen LogP contribution in [0.4, 0.5) is 4.79 Å². The van der Waals surface area contributed by atoms with E-state index in [1.54, 1.807) is 0 Å². The second-order valence-electron chi connectivity index (χ2n) is 10.6. The molecule has 14 N–H and O–H groups in total. The molecule has 2 aliphatic rings. The molecule has 2 amide bonds. The molecule has 2 saturated carbocycles. The number of hydrogen-bond donors (Lipinski definition) is 12. The molecular formula is C25H52N14O. The average Bonchev–Trinajstić information content (AvgIpc) is 3.83. The molecule has 228 valence electrons. The fourth-order valence-corrected chi connectivity index (χ4v) is 4.02. The standard InChI is InChI=1S/C25H52N14O/c26-21(27)32-9-1-13-38(15-3-11-34-23(30)36-17-19-5-6-19)25(40)39(14-2-10-33-22(28)29)16-4-12-35-24(31)37-18-20-7-8-20/h19-20H,1-18H2,(H4,26,27,32)(H4,28,29,33)(H3,30,34,36)(H3,31,35,37). The van der Waals surface area contributed by atoms with Crippen LogP contribution in [0.2, 0.25) is 0 Å². The van der Waals surface area contributed by atoms with E-state index in [0.717, 1.165) is 13.1 Å². The van der Waals surface area contributed by atoms with Crippen LogP contribution in [0.25, 0.3) is 0 Å². The molecule has 0 atom stereocenters. The molecule has 0 aromatic rings. The van der Waals surface area contributed by atoms with E-state index in [2.05, 4.69) is 31.9 Å². The molecule has 2 aliphatic carbocycles. The summed E-state index contributed by atoms with van der Waals surface area (Å²) in [5.74, 6) is 1.83. The minimum Gasteiger partial charge on any atom is -0.370 e. The van der Waals surface area contributed by atoms with Crippen molar-refractivity contribution in [3.05, 3.63) is 0 Å². The predicted octanol–water partition coefficient (Wildman–Crippen LogP) is -0.715. The number of nitrogens with two attached hydrogens (primary N) is 2. The first-order valence-corrected chi connectivity index (χ1v) is 14.6. The van der Waals surface area contributed by atoms with Crippen LogP contribution >= 0.6 is 0 Å². The number of carbonyl (C=O) groups is 1. The third-order valence-electron chi connectivity index (χ3n) is 6.72. The largest absolute Gasteiger partial charge is 0.370 e. The second-order valence-corrected chi connectivity index (χ2v) is 10.6. The molecule has 15 nitrogen and oxygen atoms in total. The van der Waals surface area contributed by atoms with Crippen molar-refractivity contribution in [2.75, 3.05) is 65.4 Å². The van der Waals surface area contributed by atoms with Gasteiger partial charge in [0.2, 0.25) is 0 Å². The number of nitrogens with one attached hydrogen (secondary N) is 10. The van der Waals surface area contributed by atoms with Crippen molar-refractivity contribution < 1.29 is 4.79 Å². The maximum Gasteiger partial charge on any atom is 0.320 e. The molecule has 0 bridgehead atoms. The molecule has 0 aromatic carbocycles. The van der Waals surface area contributed by atoms with Gasteiger partial charge in [0, 0.05) is 65.4 Å². The van der Waals surface area contributed by atoms with Gasteiger partial charge in [-0.15, -0.1) is 0 Å². The Labute approximate surface area is 238 Å². The number of carbonyl (C=O) groups excluding carboxylic acids is 1. The SMILES string of the molecule is N=C(N)NCCCN(CCCNC(=N)NCC1CC1)C(=O)N(CCCNC(=N)N)CCCNC(=N)NCC1CC1. The maximum absolute atomic E-state index is 13.7. The fourth-order valence-electron chi connectivity index (χ4n) is 4.02. The van der Waals surface area contributed by atoms with Gasteiger partial charge in [0.25, 0.3) is 0 Å². The van der Waals surface area contributed by atoms with E-state index in [0.29, 0.717) is 102 Å². The quantitative estimate of drug-likeness (QED) is 0.0506. The number of rotatable bonds is 20. The lowest BCUT2D eigenvalue weighted by Gasteiger charge is -2.31. The van der Waals surface area contributed by atoms with Gasteiger partial charge >= 0.3 is 6.03 Å². The number of nitrogens with zero attached hydrogens (tertiary/aromatic N) is 2. The lowest BCUT2D eigenvalue weighted by molar-refractivity contribution is 0.150. The number of amides is 2. The lowest BCUT2D eigenvalue weighted by atomic mass is 10.3. The zero-order valence-electron chi connectivity index (χ0n) is 23.8. The second kappa shape index (κ2) is 18.6. The summed E-state index contributed by atoms with van der Waals surface area (Å²) in [6.45, 7) is 5.87. The van der Waals surface area contributed by atoms with Gasteiger partial charge in [-0.05, 0) is 63.2 Å². The lowest BCUT2D eigenvalue weighted by Crippen LogP contribution is -2.47. The van der Waals surface area contributed by atoms with Gasteiger partial charge in [-0.1, -0.05) is 0 Å². The van der Waals surface area contributed by atoms with Gasteiger partial charge in [-0.2, -0.15) is 0 Å². The van der Waals surface area contributed by atoms with Crippen LogP contribution in [-0.4, -0.2) is 105 Å². The van der Waals surface area contributed by atoms with Crippen LogP contribution in [0.15, 0.2) is 0 Å². The highest BCUT2D eigenvalue weighted by Crippen LogP contribution is 2.27. The first-order chi connectivity index (χ1) is 19.2. The Balaban J connectivity index is 1.85. The summed E-state index contributed by atoms with van der Waals surface area (Å²) >= 11 is 0. The first-order valence-electron chi connectivity index (χ1n) is 14.6. The van der Waals surface area contributed by atoms with E-state index in [4.69, 9.17) is 33.1 Å².